The first kappa shape index (κ1) is 24.7. The van der Waals surface area contributed by atoms with Gasteiger partial charge in [-0.25, -0.2) is 0 Å². The van der Waals surface area contributed by atoms with Gasteiger partial charge in [-0.05, 0) is 104 Å². The highest BCUT2D eigenvalue weighted by atomic mass is 16.3. The van der Waals surface area contributed by atoms with Crippen molar-refractivity contribution in [1.29, 1.82) is 0 Å². The van der Waals surface area contributed by atoms with Crippen LogP contribution in [-0.4, -0.2) is 33.1 Å². The minimum atomic E-state index is -0.768. The average Bonchev–Trinajstić information content (AvgIpc) is 3.06. The molecule has 11 unspecified atom stereocenters. The normalized spacial score (nSPS) is 51.6. The molecule has 4 rings (SSSR count). The van der Waals surface area contributed by atoms with Crippen molar-refractivity contribution >= 4 is 0 Å². The molecule has 3 N–H and O–H groups in total. The van der Waals surface area contributed by atoms with E-state index in [2.05, 4.69) is 48.1 Å². The number of hydrogen-bond donors (Lipinski definition) is 3. The lowest BCUT2D eigenvalue weighted by Crippen LogP contribution is -2.69. The van der Waals surface area contributed by atoms with Crippen LogP contribution < -0.4 is 0 Å². The highest BCUT2D eigenvalue weighted by Crippen LogP contribution is 2.70. The molecular weight excluding hydrogens is 396 g/mol. The van der Waals surface area contributed by atoms with Crippen LogP contribution in [0.5, 0.6) is 0 Å². The summed E-state index contributed by atoms with van der Waals surface area (Å²) in [5.74, 6) is 2.56. The molecule has 0 aromatic carbocycles. The van der Waals surface area contributed by atoms with E-state index in [0.29, 0.717) is 23.7 Å². The maximum atomic E-state index is 12.4. The average molecular weight is 447 g/mol. The van der Waals surface area contributed by atoms with Crippen LogP contribution in [0.3, 0.4) is 0 Å². The molecule has 4 fully saturated rings. The van der Waals surface area contributed by atoms with Gasteiger partial charge in [-0.3, -0.25) is 0 Å². The second-order valence-electron chi connectivity index (χ2n) is 13.4. The topological polar surface area (TPSA) is 60.7 Å². The zero-order valence-corrected chi connectivity index (χ0v) is 21.6. The molecule has 0 aromatic rings. The zero-order chi connectivity index (χ0) is 23.6. The summed E-state index contributed by atoms with van der Waals surface area (Å²) in [4.78, 5) is 0. The fraction of sp³-hybridized carbons (Fsp3) is 0.931. The number of hydrogen-bond acceptors (Lipinski definition) is 3. The summed E-state index contributed by atoms with van der Waals surface area (Å²) in [6, 6.07) is 0. The van der Waals surface area contributed by atoms with E-state index in [1.807, 2.05) is 0 Å². The van der Waals surface area contributed by atoms with Crippen molar-refractivity contribution in [2.75, 3.05) is 0 Å². The van der Waals surface area contributed by atoms with Crippen LogP contribution in [-0.2, 0) is 0 Å². The van der Waals surface area contributed by atoms with Gasteiger partial charge in [0.2, 0.25) is 0 Å². The van der Waals surface area contributed by atoms with Crippen molar-refractivity contribution in [3.63, 3.8) is 0 Å². The Labute approximate surface area is 197 Å². The number of aliphatic hydroxyl groups excluding tert-OH is 2. The van der Waals surface area contributed by atoms with E-state index in [-0.39, 0.29) is 34.7 Å². The summed E-state index contributed by atoms with van der Waals surface area (Å²) >= 11 is 0. The van der Waals surface area contributed by atoms with Crippen molar-refractivity contribution < 1.29 is 15.3 Å². The molecule has 0 saturated heterocycles. The van der Waals surface area contributed by atoms with Gasteiger partial charge in [0.05, 0.1) is 17.8 Å². The Kier molecular flexibility index (Phi) is 6.48. The van der Waals surface area contributed by atoms with Gasteiger partial charge < -0.3 is 15.3 Å². The lowest BCUT2D eigenvalue weighted by atomic mass is 9.40. The maximum absolute atomic E-state index is 12.4. The molecular formula is C29H50O3. The summed E-state index contributed by atoms with van der Waals surface area (Å²) in [5, 5.41) is 34.6. The van der Waals surface area contributed by atoms with Gasteiger partial charge in [0.1, 0.15) is 0 Å². The lowest BCUT2D eigenvalue weighted by Gasteiger charge is -2.67. The monoisotopic (exact) mass is 446 g/mol. The molecule has 4 saturated carbocycles. The Morgan fingerprint density at radius 3 is 2.31 bits per heavy atom. The molecule has 3 nitrogen and oxygen atoms in total. The van der Waals surface area contributed by atoms with Crippen LogP contribution in [0.25, 0.3) is 0 Å². The third-order valence-corrected chi connectivity index (χ3v) is 11.6. The van der Waals surface area contributed by atoms with Crippen molar-refractivity contribution in [2.24, 2.45) is 52.3 Å². The molecule has 0 amide bonds. The Hall–Kier alpha value is -0.380. The Morgan fingerprint density at radius 1 is 0.969 bits per heavy atom. The van der Waals surface area contributed by atoms with Crippen LogP contribution >= 0.6 is 0 Å². The Morgan fingerprint density at radius 2 is 1.66 bits per heavy atom. The Balaban J connectivity index is 1.59. The fourth-order valence-corrected chi connectivity index (χ4v) is 9.82. The molecule has 0 aromatic heterocycles. The van der Waals surface area contributed by atoms with Crippen molar-refractivity contribution in [1.82, 2.24) is 0 Å². The summed E-state index contributed by atoms with van der Waals surface area (Å²) in [7, 11) is 0. The van der Waals surface area contributed by atoms with E-state index in [0.717, 1.165) is 51.4 Å². The third-order valence-electron chi connectivity index (χ3n) is 11.6. The second kappa shape index (κ2) is 8.38. The number of rotatable bonds is 5. The molecule has 0 bridgehead atoms. The smallest absolute Gasteiger partial charge is 0.0739 e. The van der Waals surface area contributed by atoms with Gasteiger partial charge in [0.25, 0.3) is 0 Å². The van der Waals surface area contributed by atoms with Crippen LogP contribution in [0, 0.1) is 52.3 Å². The van der Waals surface area contributed by atoms with Crippen molar-refractivity contribution in [3.05, 3.63) is 12.2 Å². The summed E-state index contributed by atoms with van der Waals surface area (Å²) in [6.07, 6.45) is 8.16. The second-order valence-corrected chi connectivity index (χ2v) is 13.4. The molecule has 4 aliphatic rings. The van der Waals surface area contributed by atoms with Gasteiger partial charge in [-0.1, -0.05) is 53.7 Å². The van der Waals surface area contributed by atoms with Crippen molar-refractivity contribution in [2.45, 2.75) is 117 Å². The molecule has 0 heterocycles. The van der Waals surface area contributed by atoms with E-state index >= 15 is 0 Å². The molecule has 184 valence electrons. The lowest BCUT2D eigenvalue weighted by molar-refractivity contribution is -0.267. The summed E-state index contributed by atoms with van der Waals surface area (Å²) in [5.41, 5.74) is 0.506. The molecule has 11 atom stereocenters. The van der Waals surface area contributed by atoms with Crippen molar-refractivity contribution in [3.8, 4) is 0 Å². The third kappa shape index (κ3) is 3.55. The number of allylic oxidation sites excluding steroid dienone is 1. The number of fused-ring (bicyclic) bond motifs is 5. The van der Waals surface area contributed by atoms with Gasteiger partial charge in [-0.2, -0.15) is 0 Å². The van der Waals surface area contributed by atoms with E-state index in [9.17, 15) is 15.3 Å². The summed E-state index contributed by atoms with van der Waals surface area (Å²) < 4.78 is 0. The van der Waals surface area contributed by atoms with Crippen LogP contribution in [0.4, 0.5) is 0 Å². The van der Waals surface area contributed by atoms with Gasteiger partial charge in [0, 0.05) is 5.92 Å². The van der Waals surface area contributed by atoms with E-state index in [4.69, 9.17) is 0 Å². The largest absolute Gasteiger partial charge is 0.393 e. The Bertz CT molecular complexity index is 717. The minimum Gasteiger partial charge on any atom is -0.393 e. The van der Waals surface area contributed by atoms with E-state index in [1.165, 1.54) is 12.0 Å². The van der Waals surface area contributed by atoms with Crippen LogP contribution in [0.15, 0.2) is 12.2 Å². The molecule has 0 spiro atoms. The van der Waals surface area contributed by atoms with E-state index in [1.54, 1.807) is 0 Å². The maximum Gasteiger partial charge on any atom is 0.0739 e. The zero-order valence-electron chi connectivity index (χ0n) is 21.6. The van der Waals surface area contributed by atoms with Gasteiger partial charge in [-0.15, -0.1) is 0 Å². The highest BCUT2D eigenvalue weighted by Gasteiger charge is 2.70. The predicted molar refractivity (Wildman–Crippen MR) is 131 cm³/mol. The van der Waals surface area contributed by atoms with Gasteiger partial charge in [0.15, 0.2) is 0 Å². The standard InChI is InChI=1S/C29H50O3/c1-17(2)18(3)8-9-19(4)21-10-11-25-28(21,7)16-24(31)26-27(6)14-13-23(30)20(5)22(27)12-15-29(25,26)32/h17,19-26,30-32H,3,8-16H2,1-2,4-7H3. The molecule has 0 aliphatic heterocycles. The van der Waals surface area contributed by atoms with Gasteiger partial charge >= 0.3 is 0 Å². The highest BCUT2D eigenvalue weighted by molar-refractivity contribution is 5.19. The minimum absolute atomic E-state index is 0.00619. The molecule has 4 aliphatic carbocycles. The quantitative estimate of drug-likeness (QED) is 0.456. The molecule has 3 heteroatoms. The first-order chi connectivity index (χ1) is 14.9. The van der Waals surface area contributed by atoms with E-state index < -0.39 is 11.7 Å². The summed E-state index contributed by atoms with van der Waals surface area (Å²) in [6.45, 7) is 18.1. The fourth-order valence-electron chi connectivity index (χ4n) is 9.82. The molecule has 0 radical (unpaired) electrons. The first-order valence-electron chi connectivity index (χ1n) is 13.6. The molecule has 32 heavy (non-hydrogen) atoms. The first-order valence-corrected chi connectivity index (χ1v) is 13.6. The predicted octanol–water partition coefficient (Wildman–Crippen LogP) is 5.97. The van der Waals surface area contributed by atoms with Crippen LogP contribution in [0.2, 0.25) is 0 Å². The van der Waals surface area contributed by atoms with Crippen LogP contribution in [0.1, 0.15) is 99.3 Å². The SMILES string of the molecule is C=C(CCC(C)C1CCC2C1(C)CC(O)C1C3(C)CCC(O)C(C)C3CCC21O)C(C)C. The number of aliphatic hydroxyl groups is 3.